The molecule has 12 heteroatoms. The topological polar surface area (TPSA) is 145 Å². The van der Waals surface area contributed by atoms with E-state index in [2.05, 4.69) is 19.6 Å². The molecule has 10 nitrogen and oxygen atoms in total. The molecule has 2 heterocycles. The van der Waals surface area contributed by atoms with Crippen LogP contribution >= 0.6 is 11.6 Å². The third kappa shape index (κ3) is 7.12. The number of carbonyl (C=O) groups excluding carboxylic acids is 1. The highest BCUT2D eigenvalue weighted by molar-refractivity contribution is 7.90. The Balaban J connectivity index is 1.56. The molecule has 0 spiro atoms. The summed E-state index contributed by atoms with van der Waals surface area (Å²) in [6.45, 7) is 5.05. The van der Waals surface area contributed by atoms with Gasteiger partial charge in [-0.1, -0.05) is 36.1 Å². The van der Waals surface area contributed by atoms with Crippen LogP contribution in [0.2, 0.25) is 5.02 Å². The van der Waals surface area contributed by atoms with E-state index in [4.69, 9.17) is 21.9 Å². The molecule has 1 fully saturated rings. The fraction of sp³-hybridized carbons (Fsp3) is 0.594. The average molecular weight is 644 g/mol. The molecule has 5 rings (SSSR count). The van der Waals surface area contributed by atoms with Crippen molar-refractivity contribution in [1.29, 1.82) is 0 Å². The summed E-state index contributed by atoms with van der Waals surface area (Å²) in [6, 6.07) is 10.9. The number of fused-ring (bicyclic) bond motifs is 3. The van der Waals surface area contributed by atoms with E-state index in [-0.39, 0.29) is 29.9 Å². The van der Waals surface area contributed by atoms with Crippen molar-refractivity contribution in [2.75, 3.05) is 24.5 Å². The van der Waals surface area contributed by atoms with Gasteiger partial charge in [-0.15, -0.1) is 0 Å². The summed E-state index contributed by atoms with van der Waals surface area (Å²) >= 11 is 6.31. The Hall–Kier alpha value is -2.98. The van der Waals surface area contributed by atoms with Crippen LogP contribution in [0.4, 0.5) is 5.69 Å². The van der Waals surface area contributed by atoms with Crippen LogP contribution in [0.15, 0.2) is 41.5 Å². The van der Waals surface area contributed by atoms with E-state index in [9.17, 15) is 18.3 Å². The maximum Gasteiger partial charge on any atom is 0.264 e. The number of amides is 1. The third-order valence-corrected chi connectivity index (χ3v) is 12.2. The monoisotopic (exact) mass is 643 g/mol. The number of hydrogen-bond acceptors (Lipinski definition) is 7. The van der Waals surface area contributed by atoms with Crippen molar-refractivity contribution in [3.63, 3.8) is 0 Å². The molecule has 1 amide bonds. The SMILES string of the molecule is C[C@@H]1[C@@H](C)CCC[C@](O)(CN=[N+]=[N-])[C@@H]2CC[C@H]2CN2CCCCc3cc(Cl)ccc3COc3ccc(cc32)C(=O)NS1(=O)=O. The van der Waals surface area contributed by atoms with Crippen molar-refractivity contribution >= 4 is 33.2 Å². The summed E-state index contributed by atoms with van der Waals surface area (Å²) in [4.78, 5) is 18.5. The summed E-state index contributed by atoms with van der Waals surface area (Å²) in [5, 5.41) is 15.6. The molecular formula is C32H42ClN5O5S. The van der Waals surface area contributed by atoms with Crippen LogP contribution in [0.3, 0.4) is 0 Å². The summed E-state index contributed by atoms with van der Waals surface area (Å²) in [7, 11) is -3.97. The van der Waals surface area contributed by atoms with Crippen molar-refractivity contribution in [3.8, 4) is 5.75 Å². The molecule has 5 atom stereocenters. The quantitative estimate of drug-likeness (QED) is 0.220. The molecule has 2 aromatic rings. The lowest BCUT2D eigenvalue weighted by Crippen LogP contribution is -2.52. The van der Waals surface area contributed by atoms with Gasteiger partial charge in [0.2, 0.25) is 10.0 Å². The second kappa shape index (κ2) is 13.6. The number of hydrogen-bond donors (Lipinski definition) is 2. The number of nitrogens with zero attached hydrogens (tertiary/aromatic N) is 4. The molecule has 3 aliphatic rings. The Morgan fingerprint density at radius 1 is 1.14 bits per heavy atom. The number of halogens is 1. The lowest BCUT2D eigenvalue weighted by atomic mass is 9.63. The fourth-order valence-electron chi connectivity index (χ4n) is 6.95. The van der Waals surface area contributed by atoms with E-state index in [0.717, 1.165) is 43.2 Å². The van der Waals surface area contributed by atoms with Crippen LogP contribution in [0, 0.1) is 17.8 Å². The number of carbonyl (C=O) groups is 1. The van der Waals surface area contributed by atoms with Crippen LogP contribution in [-0.4, -0.2) is 49.9 Å². The summed E-state index contributed by atoms with van der Waals surface area (Å²) < 4.78 is 35.2. The highest BCUT2D eigenvalue weighted by Gasteiger charge is 2.46. The standard InChI is InChI=1S/C32H42ClN5O5S/c1-21-6-5-14-32(40,20-35-37-34)28-12-9-25(28)18-38-15-4-3-7-23-16-27(33)11-8-26(23)19-43-30-13-10-24(17-29(30)38)31(39)36-44(41,42)22(21)2/h8,10-11,13,16-17,21-22,25,28,40H,3-7,9,12,14-15,18-20H2,1-2H3,(H,36,39)/t21-,22+,25-,28+,32-/m0/s1. The van der Waals surface area contributed by atoms with E-state index in [1.807, 2.05) is 25.1 Å². The van der Waals surface area contributed by atoms with Gasteiger partial charge in [0, 0.05) is 28.6 Å². The Bertz CT molecular complexity index is 1530. The molecule has 0 radical (unpaired) electrons. The van der Waals surface area contributed by atoms with Gasteiger partial charge in [-0.3, -0.25) is 4.79 Å². The Morgan fingerprint density at radius 3 is 2.70 bits per heavy atom. The smallest absolute Gasteiger partial charge is 0.264 e. The van der Waals surface area contributed by atoms with Crippen molar-refractivity contribution in [3.05, 3.63) is 68.6 Å². The summed E-state index contributed by atoms with van der Waals surface area (Å²) in [5.74, 6) is -0.264. The first-order chi connectivity index (χ1) is 21.0. The molecule has 1 aliphatic carbocycles. The highest BCUT2D eigenvalue weighted by atomic mass is 35.5. The first-order valence-electron chi connectivity index (χ1n) is 15.6. The molecule has 0 aromatic heterocycles. The number of rotatable bonds is 2. The second-order valence-corrected chi connectivity index (χ2v) is 15.2. The van der Waals surface area contributed by atoms with E-state index < -0.39 is 26.8 Å². The van der Waals surface area contributed by atoms with Crippen molar-refractivity contribution in [2.24, 2.45) is 22.9 Å². The first kappa shape index (κ1) is 32.4. The van der Waals surface area contributed by atoms with Gasteiger partial charge in [0.15, 0.2) is 0 Å². The van der Waals surface area contributed by atoms with E-state index in [1.165, 1.54) is 0 Å². The van der Waals surface area contributed by atoms with Gasteiger partial charge < -0.3 is 14.7 Å². The summed E-state index contributed by atoms with van der Waals surface area (Å²) in [5.41, 5.74) is 11.0. The molecular weight excluding hydrogens is 602 g/mol. The maximum absolute atomic E-state index is 13.4. The molecule has 2 N–H and O–H groups in total. The van der Waals surface area contributed by atoms with Crippen LogP contribution in [0.25, 0.3) is 10.4 Å². The van der Waals surface area contributed by atoms with Gasteiger partial charge >= 0.3 is 0 Å². The number of aliphatic hydroxyl groups is 1. The fourth-order valence-corrected chi connectivity index (χ4v) is 8.45. The maximum atomic E-state index is 13.4. The predicted molar refractivity (Wildman–Crippen MR) is 171 cm³/mol. The molecule has 2 bridgehead atoms. The van der Waals surface area contributed by atoms with E-state index >= 15 is 0 Å². The molecule has 2 aliphatic heterocycles. The second-order valence-electron chi connectivity index (χ2n) is 12.8. The van der Waals surface area contributed by atoms with Gasteiger partial charge in [-0.2, -0.15) is 0 Å². The molecule has 1 saturated carbocycles. The molecule has 2 aromatic carbocycles. The van der Waals surface area contributed by atoms with E-state index in [0.29, 0.717) is 55.4 Å². The minimum absolute atomic E-state index is 0.0202. The molecule has 0 saturated heterocycles. The average Bonchev–Trinajstić information content (AvgIpc) is 3.00. The Kier molecular flexibility index (Phi) is 9.99. The van der Waals surface area contributed by atoms with E-state index in [1.54, 1.807) is 25.1 Å². The Morgan fingerprint density at radius 2 is 1.95 bits per heavy atom. The molecule has 238 valence electrons. The number of nitrogens with one attached hydrogen (secondary N) is 1. The number of ether oxygens (including phenoxy) is 1. The lowest BCUT2D eigenvalue weighted by molar-refractivity contribution is -0.0812. The number of benzene rings is 2. The zero-order valence-electron chi connectivity index (χ0n) is 25.4. The van der Waals surface area contributed by atoms with Crippen LogP contribution < -0.4 is 14.4 Å². The number of azide groups is 1. The minimum Gasteiger partial charge on any atom is -0.487 e. The van der Waals surface area contributed by atoms with Crippen LogP contribution in [0.5, 0.6) is 5.75 Å². The Labute approximate surface area is 264 Å². The van der Waals surface area contributed by atoms with Crippen molar-refractivity contribution in [2.45, 2.75) is 82.7 Å². The van der Waals surface area contributed by atoms with Crippen molar-refractivity contribution < 1.29 is 23.1 Å². The summed E-state index contributed by atoms with van der Waals surface area (Å²) in [6.07, 6.45) is 5.90. The lowest BCUT2D eigenvalue weighted by Gasteiger charge is -2.49. The van der Waals surface area contributed by atoms with Gasteiger partial charge in [0.05, 0.1) is 23.1 Å². The van der Waals surface area contributed by atoms with Crippen molar-refractivity contribution in [1.82, 2.24) is 4.72 Å². The zero-order valence-corrected chi connectivity index (χ0v) is 27.0. The number of sulfonamides is 1. The normalized spacial score (nSPS) is 29.3. The van der Waals surface area contributed by atoms with Gasteiger partial charge in [0.1, 0.15) is 12.4 Å². The van der Waals surface area contributed by atoms with Gasteiger partial charge in [-0.05, 0) is 117 Å². The number of aryl methyl sites for hydroxylation is 1. The van der Waals surface area contributed by atoms with Gasteiger partial charge in [0.25, 0.3) is 5.91 Å². The first-order valence-corrected chi connectivity index (χ1v) is 17.5. The largest absolute Gasteiger partial charge is 0.487 e. The third-order valence-electron chi connectivity index (χ3n) is 10.0. The minimum atomic E-state index is -3.97. The van der Waals surface area contributed by atoms with Crippen LogP contribution in [0.1, 0.15) is 80.3 Å². The molecule has 44 heavy (non-hydrogen) atoms. The molecule has 0 unspecified atom stereocenters. The zero-order chi connectivity index (χ0) is 31.5. The van der Waals surface area contributed by atoms with Crippen LogP contribution in [-0.2, 0) is 23.1 Å². The number of anilines is 1. The van der Waals surface area contributed by atoms with Gasteiger partial charge in [-0.25, -0.2) is 13.1 Å². The predicted octanol–water partition coefficient (Wildman–Crippen LogP) is 6.40. The highest BCUT2D eigenvalue weighted by Crippen LogP contribution is 2.46.